The summed E-state index contributed by atoms with van der Waals surface area (Å²) < 4.78 is 3.67. The highest BCUT2D eigenvalue weighted by Gasteiger charge is 2.14. The number of aryl methyl sites for hydroxylation is 4. The Kier molecular flexibility index (Phi) is 3.81. The van der Waals surface area contributed by atoms with Gasteiger partial charge in [0.15, 0.2) is 0 Å². The van der Waals surface area contributed by atoms with Crippen molar-refractivity contribution in [1.29, 1.82) is 0 Å². The van der Waals surface area contributed by atoms with Gasteiger partial charge in [0.2, 0.25) is 0 Å². The van der Waals surface area contributed by atoms with Gasteiger partial charge in [-0.15, -0.1) is 0 Å². The molecule has 5 nitrogen and oxygen atoms in total. The first-order valence-electron chi connectivity index (χ1n) is 6.35. The number of aromatic nitrogens is 4. The molecule has 2 aromatic heterocycles. The molecule has 1 atom stereocenters. The van der Waals surface area contributed by atoms with Gasteiger partial charge in [-0.1, -0.05) is 6.92 Å². The van der Waals surface area contributed by atoms with Crippen LogP contribution in [0.25, 0.3) is 0 Å². The zero-order valence-corrected chi connectivity index (χ0v) is 11.3. The Bertz CT molecular complexity index is 511. The van der Waals surface area contributed by atoms with Gasteiger partial charge in [-0.3, -0.25) is 9.36 Å². The molecule has 0 amide bonds. The van der Waals surface area contributed by atoms with Gasteiger partial charge in [0.25, 0.3) is 0 Å². The van der Waals surface area contributed by atoms with Crippen molar-refractivity contribution in [3.05, 3.63) is 35.4 Å². The van der Waals surface area contributed by atoms with Gasteiger partial charge in [0.05, 0.1) is 11.9 Å². The van der Waals surface area contributed by atoms with Crippen LogP contribution in [0.5, 0.6) is 0 Å². The van der Waals surface area contributed by atoms with Crippen LogP contribution in [0.15, 0.2) is 18.6 Å². The maximum atomic E-state index is 6.26. The molecule has 0 radical (unpaired) electrons. The summed E-state index contributed by atoms with van der Waals surface area (Å²) in [7, 11) is 3.87. The van der Waals surface area contributed by atoms with E-state index >= 15 is 0 Å². The van der Waals surface area contributed by atoms with E-state index in [-0.39, 0.29) is 6.04 Å². The topological polar surface area (TPSA) is 61.7 Å². The molecule has 0 aromatic carbocycles. The average molecular weight is 247 g/mol. The lowest BCUT2D eigenvalue weighted by Gasteiger charge is -2.10. The summed E-state index contributed by atoms with van der Waals surface area (Å²) in [5.74, 6) is 0. The van der Waals surface area contributed by atoms with Crippen molar-refractivity contribution in [1.82, 2.24) is 19.6 Å². The van der Waals surface area contributed by atoms with E-state index in [2.05, 4.69) is 17.1 Å². The predicted octanol–water partition coefficient (Wildman–Crippen LogP) is 1.35. The van der Waals surface area contributed by atoms with Crippen molar-refractivity contribution in [2.45, 2.75) is 32.2 Å². The lowest BCUT2D eigenvalue weighted by Crippen LogP contribution is -2.12. The molecule has 0 aliphatic carbocycles. The third kappa shape index (κ3) is 2.79. The highest BCUT2D eigenvalue weighted by Crippen LogP contribution is 2.20. The molecule has 2 rings (SSSR count). The molecule has 0 bridgehead atoms. The average Bonchev–Trinajstić information content (AvgIpc) is 2.92. The first kappa shape index (κ1) is 12.8. The second-order valence-electron chi connectivity index (χ2n) is 4.73. The smallest absolute Gasteiger partial charge is 0.0669 e. The van der Waals surface area contributed by atoms with Gasteiger partial charge in [-0.2, -0.15) is 10.2 Å². The summed E-state index contributed by atoms with van der Waals surface area (Å²) in [5, 5.41) is 8.59. The second kappa shape index (κ2) is 5.35. The Balaban J connectivity index is 2.00. The fourth-order valence-electron chi connectivity index (χ4n) is 2.22. The molecule has 0 spiro atoms. The van der Waals surface area contributed by atoms with E-state index in [9.17, 15) is 0 Å². The number of nitrogens with two attached hydrogens (primary N) is 1. The van der Waals surface area contributed by atoms with Gasteiger partial charge in [-0.25, -0.2) is 0 Å². The maximum absolute atomic E-state index is 6.26. The monoisotopic (exact) mass is 247 g/mol. The minimum absolute atomic E-state index is 0.0499. The Morgan fingerprint density at radius 3 is 2.67 bits per heavy atom. The van der Waals surface area contributed by atoms with Crippen LogP contribution in [-0.2, 0) is 26.9 Å². The molecule has 0 aliphatic heterocycles. The number of rotatable bonds is 5. The zero-order chi connectivity index (χ0) is 13.1. The third-order valence-electron chi connectivity index (χ3n) is 3.17. The standard InChI is InChI=1S/C13H21N5/c1-4-13-11(9-18(3)16-13)12(14)6-5-10-7-15-17(2)8-10/h7-9,12H,4-6,14H2,1-3H3. The third-order valence-corrected chi connectivity index (χ3v) is 3.17. The molecular weight excluding hydrogens is 226 g/mol. The Labute approximate surface area is 108 Å². The van der Waals surface area contributed by atoms with Gasteiger partial charge in [-0.05, 0) is 24.8 Å². The summed E-state index contributed by atoms with van der Waals surface area (Å²) in [4.78, 5) is 0. The van der Waals surface area contributed by atoms with Crippen molar-refractivity contribution >= 4 is 0 Å². The normalized spacial score (nSPS) is 12.9. The molecule has 0 fully saturated rings. The number of hydrogen-bond donors (Lipinski definition) is 1. The van der Waals surface area contributed by atoms with E-state index < -0.39 is 0 Å². The Morgan fingerprint density at radius 2 is 2.06 bits per heavy atom. The van der Waals surface area contributed by atoms with Crippen molar-refractivity contribution in [2.75, 3.05) is 0 Å². The van der Waals surface area contributed by atoms with Crippen LogP contribution in [0.1, 0.15) is 36.2 Å². The summed E-state index contributed by atoms with van der Waals surface area (Å²) in [6, 6.07) is 0.0499. The van der Waals surface area contributed by atoms with Crippen LogP contribution >= 0.6 is 0 Å². The molecule has 2 aromatic rings. The summed E-state index contributed by atoms with van der Waals surface area (Å²) >= 11 is 0. The molecule has 98 valence electrons. The molecule has 2 N–H and O–H groups in total. The zero-order valence-electron chi connectivity index (χ0n) is 11.3. The Morgan fingerprint density at radius 1 is 1.28 bits per heavy atom. The van der Waals surface area contributed by atoms with E-state index in [4.69, 9.17) is 5.73 Å². The highest BCUT2D eigenvalue weighted by atomic mass is 15.3. The number of hydrogen-bond acceptors (Lipinski definition) is 3. The lowest BCUT2D eigenvalue weighted by atomic mass is 10.0. The quantitative estimate of drug-likeness (QED) is 0.867. The van der Waals surface area contributed by atoms with Gasteiger partial charge in [0, 0.05) is 38.1 Å². The van der Waals surface area contributed by atoms with Gasteiger partial charge >= 0.3 is 0 Å². The first-order chi connectivity index (χ1) is 8.60. The van der Waals surface area contributed by atoms with Crippen LogP contribution in [0.2, 0.25) is 0 Å². The van der Waals surface area contributed by atoms with Crippen molar-refractivity contribution < 1.29 is 0 Å². The van der Waals surface area contributed by atoms with Crippen molar-refractivity contribution in [2.24, 2.45) is 19.8 Å². The van der Waals surface area contributed by atoms with E-state index in [1.165, 1.54) is 11.1 Å². The van der Waals surface area contributed by atoms with E-state index in [1.54, 1.807) is 0 Å². The van der Waals surface area contributed by atoms with E-state index in [0.717, 1.165) is 25.0 Å². The molecule has 2 heterocycles. The SMILES string of the molecule is CCc1nn(C)cc1C(N)CCc1cnn(C)c1. The van der Waals surface area contributed by atoms with Gasteiger partial charge in [0.1, 0.15) is 0 Å². The summed E-state index contributed by atoms with van der Waals surface area (Å²) in [6.07, 6.45) is 8.77. The summed E-state index contributed by atoms with van der Waals surface area (Å²) in [6.45, 7) is 2.11. The molecule has 1 unspecified atom stereocenters. The van der Waals surface area contributed by atoms with E-state index in [0.29, 0.717) is 0 Å². The minimum atomic E-state index is 0.0499. The van der Waals surface area contributed by atoms with Crippen LogP contribution in [0.4, 0.5) is 0 Å². The number of nitrogens with zero attached hydrogens (tertiary/aromatic N) is 4. The molecule has 5 heteroatoms. The fraction of sp³-hybridized carbons (Fsp3) is 0.538. The van der Waals surface area contributed by atoms with Crippen LogP contribution in [-0.4, -0.2) is 19.6 Å². The Hall–Kier alpha value is -1.62. The largest absolute Gasteiger partial charge is 0.324 e. The fourth-order valence-corrected chi connectivity index (χ4v) is 2.22. The van der Waals surface area contributed by atoms with Crippen LogP contribution < -0.4 is 5.73 Å². The second-order valence-corrected chi connectivity index (χ2v) is 4.73. The lowest BCUT2D eigenvalue weighted by molar-refractivity contribution is 0.644. The van der Waals surface area contributed by atoms with Crippen molar-refractivity contribution in [3.63, 3.8) is 0 Å². The first-order valence-corrected chi connectivity index (χ1v) is 6.35. The molecule has 0 saturated heterocycles. The minimum Gasteiger partial charge on any atom is -0.324 e. The molecule has 0 saturated carbocycles. The maximum Gasteiger partial charge on any atom is 0.0669 e. The predicted molar refractivity (Wildman–Crippen MR) is 71.0 cm³/mol. The summed E-state index contributed by atoms with van der Waals surface area (Å²) in [5.41, 5.74) is 9.77. The molecular formula is C13H21N5. The van der Waals surface area contributed by atoms with Crippen LogP contribution in [0, 0.1) is 0 Å². The highest BCUT2D eigenvalue weighted by molar-refractivity contribution is 5.21. The van der Waals surface area contributed by atoms with Gasteiger partial charge < -0.3 is 5.73 Å². The van der Waals surface area contributed by atoms with Crippen molar-refractivity contribution in [3.8, 4) is 0 Å². The molecule has 18 heavy (non-hydrogen) atoms. The molecule has 0 aliphatic rings. The van der Waals surface area contributed by atoms with Crippen LogP contribution in [0.3, 0.4) is 0 Å². The van der Waals surface area contributed by atoms with E-state index in [1.807, 2.05) is 42.0 Å².